The monoisotopic (exact) mass is 502 g/mol. The highest BCUT2D eigenvalue weighted by Crippen LogP contribution is 2.46. The lowest BCUT2D eigenvalue weighted by atomic mass is 9.83. The number of H-pyrrole nitrogens is 1. The average Bonchev–Trinajstić information content (AvgIpc) is 3.28. The molecule has 5 rings (SSSR count). The summed E-state index contributed by atoms with van der Waals surface area (Å²) in [7, 11) is 0. The van der Waals surface area contributed by atoms with Gasteiger partial charge >= 0.3 is 5.97 Å². The van der Waals surface area contributed by atoms with Gasteiger partial charge in [-0.3, -0.25) is 5.10 Å². The number of nitriles is 1. The first kappa shape index (κ1) is 22.5. The van der Waals surface area contributed by atoms with Gasteiger partial charge in [0.15, 0.2) is 0 Å². The molecule has 4 aromatic rings. The van der Waals surface area contributed by atoms with Gasteiger partial charge in [0.2, 0.25) is 11.8 Å². The van der Waals surface area contributed by atoms with Crippen LogP contribution in [0.2, 0.25) is 10.0 Å². The van der Waals surface area contributed by atoms with Crippen LogP contribution in [0.3, 0.4) is 0 Å². The number of halogens is 2. The Balaban J connectivity index is 1.59. The van der Waals surface area contributed by atoms with Crippen LogP contribution < -0.4 is 15.2 Å². The lowest BCUT2D eigenvalue weighted by Crippen LogP contribution is -2.21. The van der Waals surface area contributed by atoms with E-state index in [1.165, 1.54) is 0 Å². The molecule has 0 spiro atoms. The zero-order valence-electron chi connectivity index (χ0n) is 18.0. The Hall–Kier alpha value is -4.25. The zero-order chi connectivity index (χ0) is 24.5. The van der Waals surface area contributed by atoms with Crippen molar-refractivity contribution in [2.45, 2.75) is 5.92 Å². The minimum atomic E-state index is -0.637. The minimum absolute atomic E-state index is 0.0520. The topological polar surface area (TPSA) is 114 Å². The van der Waals surface area contributed by atoms with Crippen LogP contribution in [0.4, 0.5) is 0 Å². The molecule has 172 valence electrons. The number of rotatable bonds is 4. The highest BCUT2D eigenvalue weighted by molar-refractivity contribution is 6.42. The molecule has 0 radical (unpaired) electrons. The maximum Gasteiger partial charge on any atom is 0.343 e. The van der Waals surface area contributed by atoms with E-state index in [9.17, 15) is 10.1 Å². The maximum absolute atomic E-state index is 12.6. The number of aromatic amines is 1. The summed E-state index contributed by atoms with van der Waals surface area (Å²) < 4.78 is 11.2. The van der Waals surface area contributed by atoms with Crippen LogP contribution >= 0.6 is 23.2 Å². The molecule has 0 bridgehead atoms. The molecule has 1 atom stereocenters. The fourth-order valence-electron chi connectivity index (χ4n) is 3.95. The van der Waals surface area contributed by atoms with Crippen LogP contribution in [-0.2, 0) is 0 Å². The summed E-state index contributed by atoms with van der Waals surface area (Å²) in [4.78, 5) is 12.6. The van der Waals surface area contributed by atoms with Crippen molar-refractivity contribution in [3.05, 3.63) is 111 Å². The van der Waals surface area contributed by atoms with Crippen molar-refractivity contribution in [1.29, 1.82) is 5.26 Å². The summed E-state index contributed by atoms with van der Waals surface area (Å²) in [6.07, 6.45) is 0. The molecule has 7 nitrogen and oxygen atoms in total. The van der Waals surface area contributed by atoms with Gasteiger partial charge in [-0.15, -0.1) is 5.10 Å². The third-order valence-electron chi connectivity index (χ3n) is 5.56. The van der Waals surface area contributed by atoms with Crippen molar-refractivity contribution in [2.24, 2.45) is 5.73 Å². The lowest BCUT2D eigenvalue weighted by molar-refractivity contribution is 0.0734. The van der Waals surface area contributed by atoms with Crippen LogP contribution in [0.25, 0.3) is 11.3 Å². The van der Waals surface area contributed by atoms with Crippen molar-refractivity contribution < 1.29 is 14.3 Å². The second-order valence-electron chi connectivity index (χ2n) is 7.70. The van der Waals surface area contributed by atoms with Crippen LogP contribution in [0.5, 0.6) is 11.6 Å². The third-order valence-corrected chi connectivity index (χ3v) is 6.30. The highest BCUT2D eigenvalue weighted by Gasteiger charge is 2.36. The lowest BCUT2D eigenvalue weighted by Gasteiger charge is -2.24. The van der Waals surface area contributed by atoms with E-state index in [4.69, 9.17) is 38.4 Å². The molecule has 1 unspecified atom stereocenters. The first-order chi connectivity index (χ1) is 17.0. The van der Waals surface area contributed by atoms with E-state index in [1.54, 1.807) is 60.7 Å². The van der Waals surface area contributed by atoms with Crippen LogP contribution in [0, 0.1) is 11.3 Å². The quantitative estimate of drug-likeness (QED) is 0.268. The number of aromatic nitrogens is 2. The zero-order valence-corrected chi connectivity index (χ0v) is 19.5. The van der Waals surface area contributed by atoms with Crippen LogP contribution in [0.15, 0.2) is 84.3 Å². The number of hydrogen-bond acceptors (Lipinski definition) is 6. The molecule has 1 aromatic heterocycles. The molecule has 3 aromatic carbocycles. The van der Waals surface area contributed by atoms with Crippen LogP contribution in [-0.4, -0.2) is 16.2 Å². The fraction of sp³-hybridized carbons (Fsp3) is 0.0385. The van der Waals surface area contributed by atoms with Gasteiger partial charge in [0.05, 0.1) is 32.8 Å². The number of carbonyl (C=O) groups excluding carboxylic acids is 1. The predicted octanol–water partition coefficient (Wildman–Crippen LogP) is 5.82. The number of nitrogens with zero attached hydrogens (tertiary/aromatic N) is 2. The van der Waals surface area contributed by atoms with E-state index < -0.39 is 11.9 Å². The van der Waals surface area contributed by atoms with Gasteiger partial charge in [-0.25, -0.2) is 4.79 Å². The number of fused-ring (bicyclic) bond motifs is 1. The highest BCUT2D eigenvalue weighted by atomic mass is 35.5. The molecule has 35 heavy (non-hydrogen) atoms. The molecular weight excluding hydrogens is 487 g/mol. The van der Waals surface area contributed by atoms with Gasteiger partial charge in [-0.1, -0.05) is 59.6 Å². The van der Waals surface area contributed by atoms with Crippen molar-refractivity contribution >= 4 is 29.2 Å². The summed E-state index contributed by atoms with van der Waals surface area (Å²) in [6, 6.07) is 22.9. The van der Waals surface area contributed by atoms with E-state index >= 15 is 0 Å². The first-order valence-corrected chi connectivity index (χ1v) is 11.2. The molecule has 1 aliphatic heterocycles. The molecule has 0 saturated heterocycles. The van der Waals surface area contributed by atoms with Crippen molar-refractivity contribution in [3.8, 4) is 29.0 Å². The van der Waals surface area contributed by atoms with E-state index in [-0.39, 0.29) is 17.3 Å². The summed E-state index contributed by atoms with van der Waals surface area (Å²) in [6.45, 7) is 0. The smallest absolute Gasteiger partial charge is 0.343 e. The largest absolute Gasteiger partial charge is 0.423 e. The summed E-state index contributed by atoms with van der Waals surface area (Å²) in [5.74, 6) is -0.629. The SMILES string of the molecule is N#CC1=C(N)Oc2n[nH]c(-c3ccc(Cl)c(Cl)c3)c2C1c1cccc(OC(=O)c2ccccc2)c1. The Kier molecular flexibility index (Phi) is 5.91. The number of benzene rings is 3. The van der Waals surface area contributed by atoms with Gasteiger partial charge in [0.1, 0.15) is 17.4 Å². The predicted molar refractivity (Wildman–Crippen MR) is 131 cm³/mol. The summed E-state index contributed by atoms with van der Waals surface area (Å²) >= 11 is 12.3. The van der Waals surface area contributed by atoms with Gasteiger partial charge in [-0.2, -0.15) is 5.26 Å². The maximum atomic E-state index is 12.6. The van der Waals surface area contributed by atoms with Gasteiger partial charge in [-0.05, 0) is 42.0 Å². The Bertz CT molecular complexity index is 1520. The van der Waals surface area contributed by atoms with E-state index in [0.717, 1.165) is 0 Å². The summed E-state index contributed by atoms with van der Waals surface area (Å²) in [5, 5.41) is 17.9. The number of hydrogen-bond donors (Lipinski definition) is 2. The molecule has 0 fully saturated rings. The fourth-order valence-corrected chi connectivity index (χ4v) is 4.25. The van der Waals surface area contributed by atoms with Crippen molar-refractivity contribution in [2.75, 3.05) is 0 Å². The van der Waals surface area contributed by atoms with Gasteiger partial charge < -0.3 is 15.2 Å². The molecule has 0 saturated carbocycles. The molecule has 1 aliphatic rings. The van der Waals surface area contributed by atoms with Gasteiger partial charge in [0.25, 0.3) is 0 Å². The van der Waals surface area contributed by atoms with Gasteiger partial charge in [0, 0.05) is 5.56 Å². The Morgan fingerprint density at radius 1 is 1.06 bits per heavy atom. The average molecular weight is 503 g/mol. The third kappa shape index (κ3) is 4.21. The van der Waals surface area contributed by atoms with Crippen molar-refractivity contribution in [3.63, 3.8) is 0 Å². The number of nitrogens with two attached hydrogens (primary N) is 1. The second kappa shape index (κ2) is 9.18. The normalized spacial score (nSPS) is 14.6. The molecule has 2 heterocycles. The number of nitrogens with one attached hydrogen (secondary N) is 1. The summed E-state index contributed by atoms with van der Waals surface area (Å²) in [5.41, 5.74) is 9.25. The van der Waals surface area contributed by atoms with Crippen LogP contribution in [0.1, 0.15) is 27.4 Å². The number of ether oxygens (including phenoxy) is 2. The molecule has 9 heteroatoms. The van der Waals surface area contributed by atoms with E-state index in [1.807, 2.05) is 12.1 Å². The molecule has 0 aliphatic carbocycles. The molecule has 3 N–H and O–H groups in total. The molecule has 0 amide bonds. The number of carbonyl (C=O) groups is 1. The Morgan fingerprint density at radius 3 is 2.60 bits per heavy atom. The Morgan fingerprint density at radius 2 is 1.86 bits per heavy atom. The Labute approximate surface area is 210 Å². The number of allylic oxidation sites excluding steroid dienone is 1. The van der Waals surface area contributed by atoms with E-state index in [2.05, 4.69) is 16.3 Å². The van der Waals surface area contributed by atoms with Crippen molar-refractivity contribution in [1.82, 2.24) is 10.2 Å². The minimum Gasteiger partial charge on any atom is -0.423 e. The number of esters is 1. The standard InChI is InChI=1S/C26H16Cl2N4O3/c27-19-10-9-16(12-20(19)28)23-22-21(18(13-29)24(30)35-25(22)32-31-23)15-7-4-8-17(11-15)34-26(33)14-5-2-1-3-6-14/h1-12,21H,30H2,(H,31,32). The second-order valence-corrected chi connectivity index (χ2v) is 8.51. The van der Waals surface area contributed by atoms with E-state index in [0.29, 0.717) is 43.7 Å². The first-order valence-electron chi connectivity index (χ1n) is 10.4. The molecular formula is C26H16Cl2N4O3.